The summed E-state index contributed by atoms with van der Waals surface area (Å²) in [7, 11) is 0. The van der Waals surface area contributed by atoms with E-state index in [1.54, 1.807) is 24.5 Å². The molecular formula is C21H19ClFN3O. The van der Waals surface area contributed by atoms with Crippen LogP contribution >= 0.6 is 11.6 Å². The fourth-order valence-corrected chi connectivity index (χ4v) is 3.20. The SMILES string of the molecule is CC(=O)NC(CN(c1ccncc1)c1cccc(F)c1)c1ccccc1Cl. The minimum absolute atomic E-state index is 0.172. The second-order valence-corrected chi connectivity index (χ2v) is 6.48. The van der Waals surface area contributed by atoms with Gasteiger partial charge in [-0.25, -0.2) is 4.39 Å². The van der Waals surface area contributed by atoms with Gasteiger partial charge in [0, 0.05) is 42.3 Å². The summed E-state index contributed by atoms with van der Waals surface area (Å²) in [5, 5.41) is 3.51. The molecule has 0 radical (unpaired) electrons. The number of halogens is 2. The lowest BCUT2D eigenvalue weighted by atomic mass is 10.1. The standard InChI is InChI=1S/C21H19ClFN3O/c1-15(27)25-21(19-7-2-3-8-20(19)22)14-26(17-9-11-24-12-10-17)18-6-4-5-16(23)13-18/h2-13,21H,14H2,1H3,(H,25,27). The molecular weight excluding hydrogens is 365 g/mol. The molecule has 3 aromatic rings. The highest BCUT2D eigenvalue weighted by atomic mass is 35.5. The highest BCUT2D eigenvalue weighted by Crippen LogP contribution is 2.30. The molecule has 2 aromatic carbocycles. The van der Waals surface area contributed by atoms with Crippen LogP contribution < -0.4 is 10.2 Å². The van der Waals surface area contributed by atoms with E-state index in [1.165, 1.54) is 19.1 Å². The number of carbonyl (C=O) groups excluding carboxylic acids is 1. The van der Waals surface area contributed by atoms with E-state index in [0.29, 0.717) is 17.3 Å². The Balaban J connectivity index is 2.02. The van der Waals surface area contributed by atoms with E-state index in [9.17, 15) is 9.18 Å². The van der Waals surface area contributed by atoms with Crippen LogP contribution in [0.1, 0.15) is 18.5 Å². The molecule has 1 aromatic heterocycles. The lowest BCUT2D eigenvalue weighted by Crippen LogP contribution is -2.35. The Hall–Kier alpha value is -2.92. The zero-order valence-electron chi connectivity index (χ0n) is 14.8. The normalized spacial score (nSPS) is 11.7. The molecule has 1 N–H and O–H groups in total. The molecule has 0 aliphatic heterocycles. The molecule has 1 unspecified atom stereocenters. The monoisotopic (exact) mass is 383 g/mol. The zero-order valence-corrected chi connectivity index (χ0v) is 15.5. The minimum Gasteiger partial charge on any atom is -0.348 e. The molecule has 0 saturated heterocycles. The van der Waals surface area contributed by atoms with Crippen LogP contribution in [-0.2, 0) is 4.79 Å². The number of hydrogen-bond donors (Lipinski definition) is 1. The van der Waals surface area contributed by atoms with E-state index in [4.69, 9.17) is 11.6 Å². The topological polar surface area (TPSA) is 45.2 Å². The van der Waals surface area contributed by atoms with Crippen LogP contribution in [0.4, 0.5) is 15.8 Å². The largest absolute Gasteiger partial charge is 0.348 e. The van der Waals surface area contributed by atoms with Gasteiger partial charge in [-0.15, -0.1) is 0 Å². The van der Waals surface area contributed by atoms with Gasteiger partial charge < -0.3 is 10.2 Å². The van der Waals surface area contributed by atoms with E-state index >= 15 is 0 Å². The first-order chi connectivity index (χ1) is 13.0. The number of nitrogens with zero attached hydrogens (tertiary/aromatic N) is 2. The number of amides is 1. The van der Waals surface area contributed by atoms with E-state index in [-0.39, 0.29) is 17.8 Å². The smallest absolute Gasteiger partial charge is 0.217 e. The second kappa shape index (κ2) is 8.64. The molecule has 1 amide bonds. The summed E-state index contributed by atoms with van der Waals surface area (Å²) in [6, 6.07) is 17.0. The molecule has 0 fully saturated rings. The van der Waals surface area contributed by atoms with Crippen molar-refractivity contribution in [2.45, 2.75) is 13.0 Å². The number of nitrogens with one attached hydrogen (secondary N) is 1. The number of benzene rings is 2. The van der Waals surface area contributed by atoms with Crippen molar-refractivity contribution in [3.63, 3.8) is 0 Å². The second-order valence-electron chi connectivity index (χ2n) is 6.07. The quantitative estimate of drug-likeness (QED) is 0.659. The third kappa shape index (κ3) is 4.83. The third-order valence-corrected chi connectivity index (χ3v) is 4.46. The van der Waals surface area contributed by atoms with Crippen molar-refractivity contribution in [1.82, 2.24) is 10.3 Å². The predicted molar refractivity (Wildman–Crippen MR) is 106 cm³/mol. The van der Waals surface area contributed by atoms with Gasteiger partial charge in [-0.2, -0.15) is 0 Å². The van der Waals surface area contributed by atoms with Crippen molar-refractivity contribution in [1.29, 1.82) is 0 Å². The molecule has 6 heteroatoms. The number of hydrogen-bond acceptors (Lipinski definition) is 3. The van der Waals surface area contributed by atoms with Crippen LogP contribution in [0.5, 0.6) is 0 Å². The molecule has 0 bridgehead atoms. The van der Waals surface area contributed by atoms with Crippen molar-refractivity contribution >= 4 is 28.9 Å². The Kier molecular flexibility index (Phi) is 6.04. The lowest BCUT2D eigenvalue weighted by molar-refractivity contribution is -0.119. The van der Waals surface area contributed by atoms with Gasteiger partial charge in [0.2, 0.25) is 5.91 Å². The summed E-state index contributed by atoms with van der Waals surface area (Å²) in [4.78, 5) is 17.8. The first-order valence-corrected chi connectivity index (χ1v) is 8.87. The predicted octanol–water partition coefficient (Wildman–Crippen LogP) is 4.89. The van der Waals surface area contributed by atoms with Crippen LogP contribution in [0.2, 0.25) is 5.02 Å². The number of carbonyl (C=O) groups is 1. The Labute approximate surface area is 162 Å². The van der Waals surface area contributed by atoms with Crippen LogP contribution in [0, 0.1) is 5.82 Å². The number of pyridine rings is 1. The molecule has 0 spiro atoms. The Morgan fingerprint density at radius 3 is 2.52 bits per heavy atom. The molecule has 3 rings (SSSR count). The Bertz CT molecular complexity index is 920. The maximum atomic E-state index is 13.8. The summed E-state index contributed by atoms with van der Waals surface area (Å²) in [5.74, 6) is -0.505. The molecule has 0 aliphatic carbocycles. The summed E-state index contributed by atoms with van der Waals surface area (Å²) in [6.07, 6.45) is 3.34. The Morgan fingerprint density at radius 1 is 1.11 bits per heavy atom. The van der Waals surface area contributed by atoms with Crippen molar-refractivity contribution in [3.05, 3.63) is 89.5 Å². The molecule has 1 atom stereocenters. The first kappa shape index (κ1) is 18.9. The average Bonchev–Trinajstić information content (AvgIpc) is 2.66. The van der Waals surface area contributed by atoms with Gasteiger partial charge in [0.05, 0.1) is 6.04 Å². The maximum Gasteiger partial charge on any atom is 0.217 e. The van der Waals surface area contributed by atoms with Gasteiger partial charge in [0.15, 0.2) is 0 Å². The van der Waals surface area contributed by atoms with E-state index in [2.05, 4.69) is 10.3 Å². The van der Waals surface area contributed by atoms with Gasteiger partial charge in [0.25, 0.3) is 0 Å². The summed E-state index contributed by atoms with van der Waals surface area (Å²) < 4.78 is 13.8. The minimum atomic E-state index is -0.382. The summed E-state index contributed by atoms with van der Waals surface area (Å²) >= 11 is 6.36. The molecule has 0 aliphatic rings. The van der Waals surface area contributed by atoms with Crippen molar-refractivity contribution in [2.24, 2.45) is 0 Å². The van der Waals surface area contributed by atoms with Gasteiger partial charge in [-0.1, -0.05) is 35.9 Å². The van der Waals surface area contributed by atoms with Crippen LogP contribution in [0.15, 0.2) is 73.1 Å². The van der Waals surface area contributed by atoms with Crippen LogP contribution in [0.3, 0.4) is 0 Å². The zero-order chi connectivity index (χ0) is 19.2. The highest BCUT2D eigenvalue weighted by Gasteiger charge is 2.21. The van der Waals surface area contributed by atoms with Gasteiger partial charge in [-0.05, 0) is 42.0 Å². The molecule has 138 valence electrons. The maximum absolute atomic E-state index is 13.8. The van der Waals surface area contributed by atoms with E-state index < -0.39 is 0 Å². The number of aromatic nitrogens is 1. The van der Waals surface area contributed by atoms with E-state index in [0.717, 1.165) is 11.3 Å². The fraction of sp³-hybridized carbons (Fsp3) is 0.143. The molecule has 1 heterocycles. The van der Waals surface area contributed by atoms with Crippen molar-refractivity contribution < 1.29 is 9.18 Å². The summed E-state index contributed by atoms with van der Waals surface area (Å²) in [6.45, 7) is 1.83. The number of rotatable bonds is 6. The summed E-state index contributed by atoms with van der Waals surface area (Å²) in [5.41, 5.74) is 2.30. The van der Waals surface area contributed by atoms with Gasteiger partial charge in [0.1, 0.15) is 5.82 Å². The molecule has 4 nitrogen and oxygen atoms in total. The van der Waals surface area contributed by atoms with Gasteiger partial charge >= 0.3 is 0 Å². The molecule has 27 heavy (non-hydrogen) atoms. The van der Waals surface area contributed by atoms with Gasteiger partial charge in [-0.3, -0.25) is 9.78 Å². The van der Waals surface area contributed by atoms with Crippen LogP contribution in [0.25, 0.3) is 0 Å². The fourth-order valence-electron chi connectivity index (χ4n) is 2.94. The number of anilines is 2. The van der Waals surface area contributed by atoms with Crippen molar-refractivity contribution in [2.75, 3.05) is 11.4 Å². The highest BCUT2D eigenvalue weighted by molar-refractivity contribution is 6.31. The third-order valence-electron chi connectivity index (χ3n) is 4.12. The van der Waals surface area contributed by atoms with Crippen LogP contribution in [-0.4, -0.2) is 17.4 Å². The lowest BCUT2D eigenvalue weighted by Gasteiger charge is -2.30. The molecule has 0 saturated carbocycles. The van der Waals surface area contributed by atoms with Crippen molar-refractivity contribution in [3.8, 4) is 0 Å². The van der Waals surface area contributed by atoms with E-state index in [1.807, 2.05) is 41.3 Å². The average molecular weight is 384 g/mol. The first-order valence-electron chi connectivity index (χ1n) is 8.49. The Morgan fingerprint density at radius 2 is 1.85 bits per heavy atom.